The molecule has 0 unspecified atom stereocenters. The summed E-state index contributed by atoms with van der Waals surface area (Å²) in [5.41, 5.74) is 6.21. The summed E-state index contributed by atoms with van der Waals surface area (Å²) in [5, 5.41) is 0. The molecule has 0 aromatic rings. The van der Waals surface area contributed by atoms with Crippen molar-refractivity contribution in [2.24, 2.45) is 5.73 Å². The highest BCUT2D eigenvalue weighted by atomic mass is 16.2. The number of hydrogen-bond donors (Lipinski definition) is 1. The molecule has 0 atom stereocenters. The summed E-state index contributed by atoms with van der Waals surface area (Å²) in [5.74, 6) is 0.162. The zero-order valence-corrected chi connectivity index (χ0v) is 5.97. The number of rotatable bonds is 2. The van der Waals surface area contributed by atoms with Crippen LogP contribution in [0.3, 0.4) is 0 Å². The standard InChI is InChI=1S/C7H12N2O/c1-6-2-3-7(10)9(6)5-4-8/h1-5,8H2. The highest BCUT2D eigenvalue weighted by Crippen LogP contribution is 2.18. The van der Waals surface area contributed by atoms with Crippen molar-refractivity contribution in [3.05, 3.63) is 12.3 Å². The second-order valence-corrected chi connectivity index (χ2v) is 2.40. The molecular weight excluding hydrogens is 128 g/mol. The average Bonchev–Trinajstić information content (AvgIpc) is 2.20. The van der Waals surface area contributed by atoms with Crippen molar-refractivity contribution >= 4 is 5.91 Å². The normalized spacial score (nSPS) is 18.7. The van der Waals surface area contributed by atoms with Gasteiger partial charge in [0.1, 0.15) is 0 Å². The fraction of sp³-hybridized carbons (Fsp3) is 0.571. The second-order valence-electron chi connectivity index (χ2n) is 2.40. The van der Waals surface area contributed by atoms with E-state index in [2.05, 4.69) is 6.58 Å². The molecule has 0 bridgehead atoms. The highest BCUT2D eigenvalue weighted by Gasteiger charge is 2.22. The molecule has 10 heavy (non-hydrogen) atoms. The van der Waals surface area contributed by atoms with Gasteiger partial charge in [0.15, 0.2) is 0 Å². The Morgan fingerprint density at radius 3 is 2.70 bits per heavy atom. The van der Waals surface area contributed by atoms with Gasteiger partial charge in [-0.3, -0.25) is 4.79 Å². The largest absolute Gasteiger partial charge is 0.329 e. The van der Waals surface area contributed by atoms with Gasteiger partial charge in [0.25, 0.3) is 0 Å². The number of carbonyl (C=O) groups is 1. The zero-order chi connectivity index (χ0) is 7.56. The number of allylic oxidation sites excluding steroid dienone is 1. The molecule has 0 radical (unpaired) electrons. The van der Waals surface area contributed by atoms with Crippen LogP contribution < -0.4 is 5.73 Å². The summed E-state index contributed by atoms with van der Waals surface area (Å²) in [4.78, 5) is 12.7. The predicted molar refractivity (Wildman–Crippen MR) is 39.1 cm³/mol. The van der Waals surface area contributed by atoms with Crippen LogP contribution in [-0.2, 0) is 4.79 Å². The van der Waals surface area contributed by atoms with Crippen LogP contribution in [0.1, 0.15) is 12.8 Å². The molecule has 1 saturated heterocycles. The topological polar surface area (TPSA) is 46.3 Å². The molecule has 0 aliphatic carbocycles. The van der Waals surface area contributed by atoms with Crippen LogP contribution in [0.15, 0.2) is 12.3 Å². The van der Waals surface area contributed by atoms with Gasteiger partial charge in [-0.25, -0.2) is 0 Å². The molecule has 1 rings (SSSR count). The van der Waals surface area contributed by atoms with E-state index in [1.807, 2.05) is 0 Å². The first kappa shape index (κ1) is 7.28. The van der Waals surface area contributed by atoms with Crippen molar-refractivity contribution in [1.82, 2.24) is 4.90 Å². The minimum Gasteiger partial charge on any atom is -0.329 e. The van der Waals surface area contributed by atoms with E-state index in [4.69, 9.17) is 5.73 Å². The Kier molecular flexibility index (Phi) is 2.06. The van der Waals surface area contributed by atoms with Gasteiger partial charge in [-0.1, -0.05) is 6.58 Å². The van der Waals surface area contributed by atoms with Crippen molar-refractivity contribution in [2.75, 3.05) is 13.1 Å². The lowest BCUT2D eigenvalue weighted by molar-refractivity contribution is -0.126. The van der Waals surface area contributed by atoms with E-state index in [1.54, 1.807) is 4.90 Å². The Morgan fingerprint density at radius 2 is 2.30 bits per heavy atom. The van der Waals surface area contributed by atoms with Crippen molar-refractivity contribution < 1.29 is 4.79 Å². The fourth-order valence-corrected chi connectivity index (χ4v) is 1.11. The van der Waals surface area contributed by atoms with Crippen LogP contribution in [0, 0.1) is 0 Å². The molecular formula is C7H12N2O. The zero-order valence-electron chi connectivity index (χ0n) is 5.97. The van der Waals surface area contributed by atoms with Gasteiger partial charge in [0, 0.05) is 25.2 Å². The van der Waals surface area contributed by atoms with Gasteiger partial charge in [-0.2, -0.15) is 0 Å². The van der Waals surface area contributed by atoms with Crippen LogP contribution in [0.2, 0.25) is 0 Å². The van der Waals surface area contributed by atoms with E-state index in [1.165, 1.54) is 0 Å². The van der Waals surface area contributed by atoms with Crippen LogP contribution >= 0.6 is 0 Å². The summed E-state index contributed by atoms with van der Waals surface area (Å²) in [6, 6.07) is 0. The molecule has 1 aliphatic rings. The van der Waals surface area contributed by atoms with E-state index in [9.17, 15) is 4.79 Å². The third-order valence-corrected chi connectivity index (χ3v) is 1.66. The minimum atomic E-state index is 0.162. The maximum Gasteiger partial charge on any atom is 0.227 e. The number of nitrogens with zero attached hydrogens (tertiary/aromatic N) is 1. The smallest absolute Gasteiger partial charge is 0.227 e. The third kappa shape index (κ3) is 1.19. The van der Waals surface area contributed by atoms with E-state index in [0.717, 1.165) is 12.1 Å². The molecule has 1 aliphatic heterocycles. The average molecular weight is 140 g/mol. The molecule has 3 heteroatoms. The van der Waals surface area contributed by atoms with Crippen molar-refractivity contribution in [1.29, 1.82) is 0 Å². The molecule has 1 fully saturated rings. The number of hydrogen-bond acceptors (Lipinski definition) is 2. The Hall–Kier alpha value is -0.830. The quantitative estimate of drug-likeness (QED) is 0.590. The first-order valence-electron chi connectivity index (χ1n) is 3.44. The second kappa shape index (κ2) is 2.84. The molecule has 0 aromatic carbocycles. The molecule has 2 N–H and O–H groups in total. The molecule has 0 spiro atoms. The van der Waals surface area contributed by atoms with Crippen molar-refractivity contribution in [3.8, 4) is 0 Å². The number of likely N-dealkylation sites (tertiary alicyclic amines) is 1. The number of amides is 1. The maximum absolute atomic E-state index is 11.0. The summed E-state index contributed by atoms with van der Waals surface area (Å²) in [6.07, 6.45) is 1.41. The van der Waals surface area contributed by atoms with Gasteiger partial charge >= 0.3 is 0 Å². The lowest BCUT2D eigenvalue weighted by Crippen LogP contribution is -2.28. The lowest BCUT2D eigenvalue weighted by atomic mass is 10.3. The van der Waals surface area contributed by atoms with Crippen LogP contribution in [0.5, 0.6) is 0 Å². The van der Waals surface area contributed by atoms with E-state index in [0.29, 0.717) is 19.5 Å². The summed E-state index contributed by atoms with van der Waals surface area (Å²) in [7, 11) is 0. The predicted octanol–water partition coefficient (Wildman–Crippen LogP) is 0.0812. The molecule has 0 saturated carbocycles. The van der Waals surface area contributed by atoms with Gasteiger partial charge in [-0.05, 0) is 6.42 Å². The van der Waals surface area contributed by atoms with E-state index < -0.39 is 0 Å². The highest BCUT2D eigenvalue weighted by molar-refractivity contribution is 5.81. The molecule has 1 amide bonds. The van der Waals surface area contributed by atoms with Crippen molar-refractivity contribution in [3.63, 3.8) is 0 Å². The third-order valence-electron chi connectivity index (χ3n) is 1.66. The molecule has 3 nitrogen and oxygen atoms in total. The number of nitrogens with two attached hydrogens (primary N) is 1. The van der Waals surface area contributed by atoms with Crippen molar-refractivity contribution in [2.45, 2.75) is 12.8 Å². The lowest BCUT2D eigenvalue weighted by Gasteiger charge is -2.14. The summed E-state index contributed by atoms with van der Waals surface area (Å²) in [6.45, 7) is 4.90. The van der Waals surface area contributed by atoms with Crippen LogP contribution in [0.25, 0.3) is 0 Å². The number of carbonyl (C=O) groups excluding carboxylic acids is 1. The monoisotopic (exact) mass is 140 g/mol. The molecule has 56 valence electrons. The fourth-order valence-electron chi connectivity index (χ4n) is 1.11. The van der Waals surface area contributed by atoms with Gasteiger partial charge < -0.3 is 10.6 Å². The van der Waals surface area contributed by atoms with Crippen LogP contribution in [0.4, 0.5) is 0 Å². The molecule has 0 aromatic heterocycles. The first-order chi connectivity index (χ1) is 4.75. The Morgan fingerprint density at radius 1 is 1.60 bits per heavy atom. The first-order valence-corrected chi connectivity index (χ1v) is 3.44. The van der Waals surface area contributed by atoms with Gasteiger partial charge in [0.05, 0.1) is 0 Å². The molecule has 1 heterocycles. The minimum absolute atomic E-state index is 0.162. The summed E-state index contributed by atoms with van der Waals surface area (Å²) >= 11 is 0. The van der Waals surface area contributed by atoms with Gasteiger partial charge in [-0.15, -0.1) is 0 Å². The van der Waals surface area contributed by atoms with Crippen LogP contribution in [-0.4, -0.2) is 23.9 Å². The van der Waals surface area contributed by atoms with E-state index in [-0.39, 0.29) is 5.91 Å². The summed E-state index contributed by atoms with van der Waals surface area (Å²) < 4.78 is 0. The maximum atomic E-state index is 11.0. The SMILES string of the molecule is C=C1CCC(=O)N1CCN. The Labute approximate surface area is 60.5 Å². The van der Waals surface area contributed by atoms with E-state index >= 15 is 0 Å². The Bertz CT molecular complexity index is 149. The van der Waals surface area contributed by atoms with Gasteiger partial charge in [0.2, 0.25) is 5.91 Å². The Balaban J connectivity index is 2.54.